The molecule has 1 rings (SSSR count). The lowest BCUT2D eigenvalue weighted by Crippen LogP contribution is -2.35. The molecule has 0 saturated heterocycles. The number of carbonyl (C=O) groups excluding carboxylic acids is 2. The summed E-state index contributed by atoms with van der Waals surface area (Å²) in [5, 5.41) is 5.13. The van der Waals surface area contributed by atoms with Crippen molar-refractivity contribution in [1.29, 1.82) is 0 Å². The molecule has 0 heterocycles. The van der Waals surface area contributed by atoms with E-state index in [0.29, 0.717) is 6.54 Å². The Balaban J connectivity index is 2.45. The van der Waals surface area contributed by atoms with Crippen LogP contribution in [-0.4, -0.2) is 24.9 Å². The van der Waals surface area contributed by atoms with Crippen molar-refractivity contribution < 1.29 is 9.59 Å². The van der Waals surface area contributed by atoms with Crippen molar-refractivity contribution in [3.05, 3.63) is 41.5 Å². The molecule has 96 valence electrons. The Morgan fingerprint density at radius 1 is 1.22 bits per heavy atom. The largest absolute Gasteiger partial charge is 0.355 e. The number of likely N-dealkylation sites (N-methyl/N-ethyl adjacent to an activating group) is 1. The van der Waals surface area contributed by atoms with Gasteiger partial charge in [0.05, 0.1) is 6.54 Å². The second kappa shape index (κ2) is 7.27. The van der Waals surface area contributed by atoms with Gasteiger partial charge in [0.25, 0.3) is 0 Å². The number of aryl methyl sites for hydroxylation is 1. The summed E-state index contributed by atoms with van der Waals surface area (Å²) in [7, 11) is 0. The van der Waals surface area contributed by atoms with Crippen LogP contribution >= 0.6 is 0 Å². The van der Waals surface area contributed by atoms with Gasteiger partial charge in [0, 0.05) is 12.6 Å². The van der Waals surface area contributed by atoms with E-state index in [1.54, 1.807) is 6.08 Å². The SMILES string of the molecule is CCNC(=O)CNC(=O)/C=C/c1ccccc1C. The second-order valence-electron chi connectivity index (χ2n) is 3.86. The lowest BCUT2D eigenvalue weighted by Gasteiger charge is -2.02. The third-order valence-electron chi connectivity index (χ3n) is 2.40. The van der Waals surface area contributed by atoms with Gasteiger partial charge in [-0.1, -0.05) is 24.3 Å². The normalized spacial score (nSPS) is 10.3. The summed E-state index contributed by atoms with van der Waals surface area (Å²) >= 11 is 0. The van der Waals surface area contributed by atoms with Crippen LogP contribution in [0.3, 0.4) is 0 Å². The Bertz CT molecular complexity index is 453. The molecule has 0 aromatic heterocycles. The predicted octanol–water partition coefficient (Wildman–Crippen LogP) is 1.26. The summed E-state index contributed by atoms with van der Waals surface area (Å²) in [5.41, 5.74) is 2.09. The van der Waals surface area contributed by atoms with E-state index in [1.165, 1.54) is 6.08 Å². The molecule has 0 bridgehead atoms. The fourth-order valence-electron chi connectivity index (χ4n) is 1.43. The molecule has 0 saturated carbocycles. The van der Waals surface area contributed by atoms with Gasteiger partial charge < -0.3 is 10.6 Å². The Kier molecular flexibility index (Phi) is 5.64. The minimum atomic E-state index is -0.274. The van der Waals surface area contributed by atoms with E-state index in [1.807, 2.05) is 38.1 Å². The Morgan fingerprint density at radius 3 is 2.61 bits per heavy atom. The van der Waals surface area contributed by atoms with E-state index >= 15 is 0 Å². The highest BCUT2D eigenvalue weighted by Gasteiger charge is 2.01. The lowest BCUT2D eigenvalue weighted by molar-refractivity contribution is -0.123. The van der Waals surface area contributed by atoms with Crippen LogP contribution < -0.4 is 10.6 Å². The van der Waals surface area contributed by atoms with Crippen LogP contribution in [0.5, 0.6) is 0 Å². The first-order chi connectivity index (χ1) is 8.63. The van der Waals surface area contributed by atoms with Crippen LogP contribution in [0.15, 0.2) is 30.3 Å². The van der Waals surface area contributed by atoms with Crippen LogP contribution in [0.1, 0.15) is 18.1 Å². The van der Waals surface area contributed by atoms with Crippen LogP contribution in [0.4, 0.5) is 0 Å². The molecule has 0 aliphatic heterocycles. The average Bonchev–Trinajstić information content (AvgIpc) is 2.36. The van der Waals surface area contributed by atoms with Crippen molar-refractivity contribution in [2.45, 2.75) is 13.8 Å². The molecule has 2 N–H and O–H groups in total. The minimum Gasteiger partial charge on any atom is -0.355 e. The van der Waals surface area contributed by atoms with Gasteiger partial charge in [-0.05, 0) is 31.1 Å². The highest BCUT2D eigenvalue weighted by atomic mass is 16.2. The van der Waals surface area contributed by atoms with Crippen molar-refractivity contribution in [1.82, 2.24) is 10.6 Å². The molecule has 0 aliphatic carbocycles. The summed E-state index contributed by atoms with van der Waals surface area (Å²) in [6.45, 7) is 4.38. The summed E-state index contributed by atoms with van der Waals surface area (Å²) < 4.78 is 0. The minimum absolute atomic E-state index is 0.00475. The maximum absolute atomic E-state index is 11.5. The standard InChI is InChI=1S/C14H18N2O2/c1-3-15-14(18)10-16-13(17)9-8-12-7-5-4-6-11(12)2/h4-9H,3,10H2,1-2H3,(H,15,18)(H,16,17)/b9-8+. The molecule has 4 nitrogen and oxygen atoms in total. The molecule has 1 aromatic rings. The second-order valence-corrected chi connectivity index (χ2v) is 3.86. The van der Waals surface area contributed by atoms with E-state index in [4.69, 9.17) is 0 Å². The number of nitrogens with one attached hydrogen (secondary N) is 2. The number of hydrogen-bond acceptors (Lipinski definition) is 2. The number of rotatable bonds is 5. The molecule has 0 radical (unpaired) electrons. The molecule has 4 heteroatoms. The first-order valence-corrected chi connectivity index (χ1v) is 5.91. The van der Waals surface area contributed by atoms with Crippen molar-refractivity contribution in [3.63, 3.8) is 0 Å². The van der Waals surface area contributed by atoms with E-state index in [2.05, 4.69) is 10.6 Å². The molecule has 0 unspecified atom stereocenters. The zero-order valence-corrected chi connectivity index (χ0v) is 10.7. The Labute approximate surface area is 107 Å². The molecular weight excluding hydrogens is 228 g/mol. The molecule has 0 aliphatic rings. The first-order valence-electron chi connectivity index (χ1n) is 5.91. The van der Waals surface area contributed by atoms with Crippen molar-refractivity contribution in [2.24, 2.45) is 0 Å². The van der Waals surface area contributed by atoms with Crippen LogP contribution in [-0.2, 0) is 9.59 Å². The third kappa shape index (κ3) is 4.82. The Morgan fingerprint density at radius 2 is 1.94 bits per heavy atom. The molecule has 0 spiro atoms. The highest BCUT2D eigenvalue weighted by Crippen LogP contribution is 2.08. The zero-order chi connectivity index (χ0) is 13.4. The van der Waals surface area contributed by atoms with Crippen molar-refractivity contribution in [2.75, 3.05) is 13.1 Å². The van der Waals surface area contributed by atoms with Gasteiger partial charge >= 0.3 is 0 Å². The summed E-state index contributed by atoms with van der Waals surface area (Å²) in [5.74, 6) is -0.459. The third-order valence-corrected chi connectivity index (χ3v) is 2.40. The highest BCUT2D eigenvalue weighted by molar-refractivity contribution is 5.94. The molecular formula is C14H18N2O2. The number of carbonyl (C=O) groups is 2. The van der Waals surface area contributed by atoms with E-state index in [9.17, 15) is 9.59 Å². The molecule has 0 atom stereocenters. The maximum atomic E-state index is 11.5. The predicted molar refractivity (Wildman–Crippen MR) is 71.9 cm³/mol. The number of benzene rings is 1. The maximum Gasteiger partial charge on any atom is 0.244 e. The molecule has 0 fully saturated rings. The van der Waals surface area contributed by atoms with E-state index < -0.39 is 0 Å². The summed E-state index contributed by atoms with van der Waals surface area (Å²) in [6.07, 6.45) is 3.17. The smallest absolute Gasteiger partial charge is 0.244 e. The van der Waals surface area contributed by atoms with Gasteiger partial charge in [-0.2, -0.15) is 0 Å². The van der Waals surface area contributed by atoms with Crippen molar-refractivity contribution in [3.8, 4) is 0 Å². The van der Waals surface area contributed by atoms with Crippen LogP contribution in [0.25, 0.3) is 6.08 Å². The van der Waals surface area contributed by atoms with Crippen LogP contribution in [0.2, 0.25) is 0 Å². The lowest BCUT2D eigenvalue weighted by atomic mass is 10.1. The van der Waals surface area contributed by atoms with E-state index in [-0.39, 0.29) is 18.4 Å². The van der Waals surface area contributed by atoms with Gasteiger partial charge in [0.2, 0.25) is 11.8 Å². The first kappa shape index (κ1) is 14.0. The topological polar surface area (TPSA) is 58.2 Å². The number of hydrogen-bond donors (Lipinski definition) is 2. The van der Waals surface area contributed by atoms with Gasteiger partial charge in [0.1, 0.15) is 0 Å². The zero-order valence-electron chi connectivity index (χ0n) is 10.7. The fourth-order valence-corrected chi connectivity index (χ4v) is 1.43. The monoisotopic (exact) mass is 246 g/mol. The Hall–Kier alpha value is -2.10. The summed E-state index contributed by atoms with van der Waals surface area (Å²) in [6, 6.07) is 7.77. The molecule has 2 amide bonds. The van der Waals surface area contributed by atoms with E-state index in [0.717, 1.165) is 11.1 Å². The molecule has 1 aromatic carbocycles. The summed E-state index contributed by atoms with van der Waals surface area (Å²) in [4.78, 5) is 22.6. The molecule has 18 heavy (non-hydrogen) atoms. The van der Waals surface area contributed by atoms with Crippen LogP contribution in [0, 0.1) is 6.92 Å². The van der Waals surface area contributed by atoms with Crippen molar-refractivity contribution >= 4 is 17.9 Å². The average molecular weight is 246 g/mol. The fraction of sp³-hybridized carbons (Fsp3) is 0.286. The number of amides is 2. The van der Waals surface area contributed by atoms with Gasteiger partial charge in [0.15, 0.2) is 0 Å². The quantitative estimate of drug-likeness (QED) is 0.768. The van der Waals surface area contributed by atoms with Gasteiger partial charge in [-0.3, -0.25) is 9.59 Å². The van der Waals surface area contributed by atoms with Gasteiger partial charge in [-0.25, -0.2) is 0 Å². The van der Waals surface area contributed by atoms with Gasteiger partial charge in [-0.15, -0.1) is 0 Å².